The SMILES string of the molecule is COC(=S)S/N=C/c1ccccc1O. The monoisotopic (exact) mass is 227 g/mol. The lowest BCUT2D eigenvalue weighted by atomic mass is 10.2. The fraction of sp³-hybridized carbons (Fsp3) is 0.111. The Morgan fingerprint density at radius 3 is 2.93 bits per heavy atom. The van der Waals surface area contributed by atoms with Crippen molar-refractivity contribution in [3.8, 4) is 5.75 Å². The largest absolute Gasteiger partial charge is 0.507 e. The van der Waals surface area contributed by atoms with E-state index < -0.39 is 0 Å². The van der Waals surface area contributed by atoms with Crippen molar-refractivity contribution in [3.05, 3.63) is 29.8 Å². The maximum Gasteiger partial charge on any atom is 0.242 e. The lowest BCUT2D eigenvalue weighted by Crippen LogP contribution is -1.87. The summed E-state index contributed by atoms with van der Waals surface area (Å²) in [5, 5.41) is 9.37. The molecule has 5 heteroatoms. The van der Waals surface area contributed by atoms with Gasteiger partial charge in [-0.25, -0.2) is 4.40 Å². The molecule has 0 heterocycles. The second-order valence-electron chi connectivity index (χ2n) is 2.34. The van der Waals surface area contributed by atoms with Crippen molar-refractivity contribution < 1.29 is 9.84 Å². The van der Waals surface area contributed by atoms with Crippen molar-refractivity contribution in [2.45, 2.75) is 0 Å². The molecule has 74 valence electrons. The van der Waals surface area contributed by atoms with Crippen LogP contribution in [0.15, 0.2) is 28.7 Å². The Morgan fingerprint density at radius 1 is 1.57 bits per heavy atom. The van der Waals surface area contributed by atoms with Gasteiger partial charge in [-0.15, -0.1) is 0 Å². The highest BCUT2D eigenvalue weighted by atomic mass is 32.2. The number of hydrogen-bond acceptors (Lipinski definition) is 5. The van der Waals surface area contributed by atoms with E-state index in [9.17, 15) is 5.11 Å². The van der Waals surface area contributed by atoms with Gasteiger partial charge in [-0.3, -0.25) is 0 Å². The van der Waals surface area contributed by atoms with Gasteiger partial charge >= 0.3 is 0 Å². The van der Waals surface area contributed by atoms with E-state index in [0.717, 1.165) is 11.9 Å². The van der Waals surface area contributed by atoms with Gasteiger partial charge in [0.15, 0.2) is 0 Å². The summed E-state index contributed by atoms with van der Waals surface area (Å²) in [6.45, 7) is 0. The highest BCUT2D eigenvalue weighted by Crippen LogP contribution is 2.14. The minimum atomic E-state index is 0.195. The predicted octanol–water partition coefficient (Wildman–Crippen LogP) is 2.39. The molecule has 0 aliphatic carbocycles. The van der Waals surface area contributed by atoms with Crippen LogP contribution in [-0.4, -0.2) is 22.8 Å². The van der Waals surface area contributed by atoms with E-state index in [-0.39, 0.29) is 5.75 Å². The smallest absolute Gasteiger partial charge is 0.242 e. The number of rotatable bonds is 2. The molecule has 1 rings (SSSR count). The average molecular weight is 227 g/mol. The Kier molecular flexibility index (Phi) is 4.42. The van der Waals surface area contributed by atoms with Crippen LogP contribution in [0, 0.1) is 0 Å². The van der Waals surface area contributed by atoms with E-state index in [0.29, 0.717) is 9.95 Å². The molecule has 1 N–H and O–H groups in total. The van der Waals surface area contributed by atoms with E-state index in [1.54, 1.807) is 18.2 Å². The summed E-state index contributed by atoms with van der Waals surface area (Å²) in [5.41, 5.74) is 0.652. The van der Waals surface area contributed by atoms with Gasteiger partial charge in [-0.05, 0) is 24.4 Å². The van der Waals surface area contributed by atoms with Gasteiger partial charge < -0.3 is 9.84 Å². The van der Waals surface area contributed by atoms with E-state index >= 15 is 0 Å². The van der Waals surface area contributed by atoms with Gasteiger partial charge in [0, 0.05) is 11.8 Å². The summed E-state index contributed by atoms with van der Waals surface area (Å²) in [4.78, 5) is 0. The molecule has 1 aromatic rings. The Morgan fingerprint density at radius 2 is 2.29 bits per heavy atom. The van der Waals surface area contributed by atoms with Crippen molar-refractivity contribution in [1.82, 2.24) is 0 Å². The van der Waals surface area contributed by atoms with Crippen molar-refractivity contribution in [1.29, 1.82) is 0 Å². The molecule has 0 radical (unpaired) electrons. The van der Waals surface area contributed by atoms with Crippen molar-refractivity contribution >= 4 is 34.8 Å². The molecule has 0 aliphatic heterocycles. The molecule has 3 nitrogen and oxygen atoms in total. The fourth-order valence-electron chi connectivity index (χ4n) is 0.760. The van der Waals surface area contributed by atoms with Crippen LogP contribution >= 0.6 is 24.2 Å². The number of methoxy groups -OCH3 is 1. The molecule has 0 fully saturated rings. The highest BCUT2D eigenvalue weighted by Gasteiger charge is 1.96. The molecule has 14 heavy (non-hydrogen) atoms. The Hall–Kier alpha value is -1.07. The van der Waals surface area contributed by atoms with E-state index in [1.807, 2.05) is 6.07 Å². The summed E-state index contributed by atoms with van der Waals surface area (Å²) in [6, 6.07) is 6.93. The number of phenols is 1. The van der Waals surface area contributed by atoms with Crippen LogP contribution in [-0.2, 0) is 4.74 Å². The fourth-order valence-corrected chi connectivity index (χ4v) is 1.22. The molecular weight excluding hydrogens is 218 g/mol. The van der Waals surface area contributed by atoms with Gasteiger partial charge in [0.1, 0.15) is 5.75 Å². The first-order valence-electron chi connectivity index (χ1n) is 3.80. The number of thiocarbonyl (C=S) groups is 1. The van der Waals surface area contributed by atoms with Gasteiger partial charge in [0.2, 0.25) is 4.38 Å². The molecule has 0 saturated carbocycles. The minimum Gasteiger partial charge on any atom is -0.507 e. The molecule has 1 aromatic carbocycles. The van der Waals surface area contributed by atoms with Crippen LogP contribution in [0.4, 0.5) is 0 Å². The summed E-state index contributed by atoms with van der Waals surface area (Å²) in [5.74, 6) is 0.195. The summed E-state index contributed by atoms with van der Waals surface area (Å²) >= 11 is 5.82. The molecule has 0 aromatic heterocycles. The molecule has 0 unspecified atom stereocenters. The number of nitrogens with zero attached hydrogens (tertiary/aromatic N) is 1. The van der Waals surface area contributed by atoms with Crippen molar-refractivity contribution in [2.75, 3.05) is 7.11 Å². The summed E-state index contributed by atoms with van der Waals surface area (Å²) in [6.07, 6.45) is 1.53. The zero-order valence-corrected chi connectivity index (χ0v) is 9.14. The summed E-state index contributed by atoms with van der Waals surface area (Å²) in [7, 11) is 1.49. The zero-order chi connectivity index (χ0) is 10.4. The van der Waals surface area contributed by atoms with Crippen molar-refractivity contribution in [2.24, 2.45) is 4.40 Å². The van der Waals surface area contributed by atoms with E-state index in [2.05, 4.69) is 4.40 Å². The third-order valence-electron chi connectivity index (χ3n) is 1.42. The topological polar surface area (TPSA) is 41.8 Å². The second-order valence-corrected chi connectivity index (χ2v) is 3.73. The molecule has 0 atom stereocenters. The number of aromatic hydroxyl groups is 1. The Labute approximate surface area is 91.9 Å². The normalized spacial score (nSPS) is 10.4. The predicted molar refractivity (Wildman–Crippen MR) is 62.9 cm³/mol. The Bertz CT molecular complexity index is 352. The van der Waals surface area contributed by atoms with Gasteiger partial charge in [-0.1, -0.05) is 12.1 Å². The molecule has 0 bridgehead atoms. The quantitative estimate of drug-likeness (QED) is 0.478. The molecule has 0 amide bonds. The third kappa shape index (κ3) is 3.35. The zero-order valence-electron chi connectivity index (χ0n) is 7.51. The number of ether oxygens (including phenoxy) is 1. The lowest BCUT2D eigenvalue weighted by molar-refractivity contribution is 0.426. The first kappa shape index (κ1) is 11.0. The number of phenolic OH excluding ortho intramolecular Hbond substituents is 1. The Balaban J connectivity index is 2.60. The second kappa shape index (κ2) is 5.62. The minimum absolute atomic E-state index is 0.195. The van der Waals surface area contributed by atoms with E-state index in [1.165, 1.54) is 13.3 Å². The molecule has 0 aliphatic rings. The van der Waals surface area contributed by atoms with Crippen LogP contribution in [0.2, 0.25) is 0 Å². The standard InChI is InChI=1S/C9H9NO2S2/c1-12-9(13)14-10-6-7-4-2-3-5-8(7)11/h2-6,11H,1H3/b10-6+. The van der Waals surface area contributed by atoms with Crippen LogP contribution in [0.1, 0.15) is 5.56 Å². The number of hydrogen-bond donors (Lipinski definition) is 1. The molecular formula is C9H9NO2S2. The van der Waals surface area contributed by atoms with Crippen molar-refractivity contribution in [3.63, 3.8) is 0 Å². The van der Waals surface area contributed by atoms with Gasteiger partial charge in [-0.2, -0.15) is 0 Å². The van der Waals surface area contributed by atoms with Crippen LogP contribution in [0.25, 0.3) is 0 Å². The number of para-hydroxylation sites is 1. The summed E-state index contributed by atoms with van der Waals surface area (Å²) < 4.78 is 9.02. The van der Waals surface area contributed by atoms with Crippen LogP contribution < -0.4 is 0 Å². The molecule has 0 spiro atoms. The maximum atomic E-state index is 9.37. The lowest BCUT2D eigenvalue weighted by Gasteiger charge is -1.97. The first-order chi connectivity index (χ1) is 6.74. The van der Waals surface area contributed by atoms with Crippen LogP contribution in [0.5, 0.6) is 5.75 Å². The van der Waals surface area contributed by atoms with Crippen LogP contribution in [0.3, 0.4) is 0 Å². The third-order valence-corrected chi connectivity index (χ3v) is 2.34. The maximum absolute atomic E-state index is 9.37. The first-order valence-corrected chi connectivity index (χ1v) is 4.98. The van der Waals surface area contributed by atoms with Gasteiger partial charge in [0.25, 0.3) is 0 Å². The average Bonchev–Trinajstić information content (AvgIpc) is 2.20. The number of benzene rings is 1. The van der Waals surface area contributed by atoms with Gasteiger partial charge in [0.05, 0.1) is 19.1 Å². The molecule has 0 saturated heterocycles. The highest BCUT2D eigenvalue weighted by molar-refractivity contribution is 8.21. The van der Waals surface area contributed by atoms with E-state index in [4.69, 9.17) is 17.0 Å².